The highest BCUT2D eigenvalue weighted by Crippen LogP contribution is 2.41. The number of amides is 1. The van der Waals surface area contributed by atoms with Crippen LogP contribution in [-0.4, -0.2) is 32.2 Å². The maximum absolute atomic E-state index is 11.3. The van der Waals surface area contributed by atoms with Crippen molar-refractivity contribution in [3.05, 3.63) is 35.9 Å². The Hall–Kier alpha value is -3.22. The molecule has 1 aromatic heterocycles. The highest BCUT2D eigenvalue weighted by Gasteiger charge is 2.17. The van der Waals surface area contributed by atoms with E-state index in [-0.39, 0.29) is 0 Å². The van der Waals surface area contributed by atoms with Crippen molar-refractivity contribution in [3.8, 4) is 28.7 Å². The van der Waals surface area contributed by atoms with Gasteiger partial charge < -0.3 is 24.4 Å². The van der Waals surface area contributed by atoms with Crippen LogP contribution in [-0.2, 0) is 0 Å². The highest BCUT2D eigenvalue weighted by molar-refractivity contribution is 5.96. The molecule has 124 valence electrons. The number of primary amides is 1. The Morgan fingerprint density at radius 2 is 1.71 bits per heavy atom. The summed E-state index contributed by atoms with van der Waals surface area (Å²) in [4.78, 5) is 15.7. The summed E-state index contributed by atoms with van der Waals surface area (Å²) in [6.07, 6.45) is 0. The van der Waals surface area contributed by atoms with Crippen LogP contribution in [0.5, 0.6) is 17.2 Å². The van der Waals surface area contributed by atoms with Crippen LogP contribution in [0.3, 0.4) is 0 Å². The molecule has 0 aliphatic carbocycles. The Morgan fingerprint density at radius 1 is 1.04 bits per heavy atom. The van der Waals surface area contributed by atoms with Gasteiger partial charge in [0.25, 0.3) is 0 Å². The standard InChI is InChI=1S/C17H16N2O5/c1-21-13-7-10(8-14(22-2)15(13)23-3)17-19-11-6-9(16(18)20)4-5-12(11)24-17/h4-8H,1-3H3,(H2,18,20). The van der Waals surface area contributed by atoms with E-state index in [0.29, 0.717) is 45.4 Å². The fourth-order valence-electron chi connectivity index (χ4n) is 2.41. The van der Waals surface area contributed by atoms with Crippen molar-refractivity contribution < 1.29 is 23.4 Å². The van der Waals surface area contributed by atoms with Gasteiger partial charge in [-0.05, 0) is 30.3 Å². The molecule has 0 radical (unpaired) electrons. The van der Waals surface area contributed by atoms with Crippen LogP contribution in [0, 0.1) is 0 Å². The third kappa shape index (κ3) is 2.60. The number of methoxy groups -OCH3 is 3. The first-order valence-corrected chi connectivity index (χ1v) is 7.08. The van der Waals surface area contributed by atoms with E-state index in [0.717, 1.165) is 0 Å². The van der Waals surface area contributed by atoms with Gasteiger partial charge >= 0.3 is 0 Å². The molecular weight excluding hydrogens is 312 g/mol. The minimum atomic E-state index is -0.519. The van der Waals surface area contributed by atoms with Crippen LogP contribution in [0.15, 0.2) is 34.7 Å². The van der Waals surface area contributed by atoms with E-state index in [9.17, 15) is 4.79 Å². The van der Waals surface area contributed by atoms with E-state index in [4.69, 9.17) is 24.4 Å². The van der Waals surface area contributed by atoms with Crippen LogP contribution in [0.25, 0.3) is 22.6 Å². The third-order valence-electron chi connectivity index (χ3n) is 3.58. The Labute approximate surface area is 137 Å². The Morgan fingerprint density at radius 3 is 2.25 bits per heavy atom. The summed E-state index contributed by atoms with van der Waals surface area (Å²) in [6.45, 7) is 0. The van der Waals surface area contributed by atoms with Gasteiger partial charge in [0.15, 0.2) is 17.1 Å². The van der Waals surface area contributed by atoms with Gasteiger partial charge in [0, 0.05) is 11.1 Å². The number of hydrogen-bond donors (Lipinski definition) is 1. The molecule has 1 heterocycles. The minimum absolute atomic E-state index is 0.367. The average Bonchev–Trinajstić information content (AvgIpc) is 3.03. The fraction of sp³-hybridized carbons (Fsp3) is 0.176. The summed E-state index contributed by atoms with van der Waals surface area (Å²) < 4.78 is 21.7. The predicted molar refractivity (Wildman–Crippen MR) is 87.6 cm³/mol. The lowest BCUT2D eigenvalue weighted by atomic mass is 10.2. The van der Waals surface area contributed by atoms with Crippen molar-refractivity contribution in [1.82, 2.24) is 4.98 Å². The van der Waals surface area contributed by atoms with Crippen molar-refractivity contribution in [2.75, 3.05) is 21.3 Å². The van der Waals surface area contributed by atoms with Gasteiger partial charge in [-0.3, -0.25) is 4.79 Å². The molecule has 7 heteroatoms. The number of fused-ring (bicyclic) bond motifs is 1. The van der Waals surface area contributed by atoms with Gasteiger partial charge in [-0.1, -0.05) is 0 Å². The number of oxazole rings is 1. The number of aromatic nitrogens is 1. The number of carbonyl (C=O) groups excluding carboxylic acids is 1. The Kier molecular flexibility index (Phi) is 3.99. The lowest BCUT2D eigenvalue weighted by Crippen LogP contribution is -2.10. The molecule has 1 amide bonds. The molecule has 24 heavy (non-hydrogen) atoms. The molecule has 0 bridgehead atoms. The number of hydrogen-bond acceptors (Lipinski definition) is 6. The zero-order valence-electron chi connectivity index (χ0n) is 13.5. The second-order valence-corrected chi connectivity index (χ2v) is 4.98. The SMILES string of the molecule is COc1cc(-c2nc3cc(C(N)=O)ccc3o2)cc(OC)c1OC. The molecule has 0 unspecified atom stereocenters. The maximum atomic E-state index is 11.3. The normalized spacial score (nSPS) is 10.6. The van der Waals surface area contributed by atoms with Crippen molar-refractivity contribution in [2.24, 2.45) is 5.73 Å². The summed E-state index contributed by atoms with van der Waals surface area (Å²) >= 11 is 0. The molecule has 0 aliphatic heterocycles. The fourth-order valence-corrected chi connectivity index (χ4v) is 2.41. The van der Waals surface area contributed by atoms with Crippen LogP contribution in [0.4, 0.5) is 0 Å². The molecule has 0 saturated heterocycles. The second-order valence-electron chi connectivity index (χ2n) is 4.98. The van der Waals surface area contributed by atoms with Gasteiger partial charge in [0.05, 0.1) is 21.3 Å². The maximum Gasteiger partial charge on any atom is 0.248 e. The van der Waals surface area contributed by atoms with E-state index >= 15 is 0 Å². The highest BCUT2D eigenvalue weighted by atomic mass is 16.5. The summed E-state index contributed by atoms with van der Waals surface area (Å²) in [7, 11) is 4.60. The van der Waals surface area contributed by atoms with Crippen LogP contribution < -0.4 is 19.9 Å². The smallest absolute Gasteiger partial charge is 0.248 e. The summed E-state index contributed by atoms with van der Waals surface area (Å²) in [6, 6.07) is 8.31. The van der Waals surface area contributed by atoms with Gasteiger partial charge in [0.2, 0.25) is 17.5 Å². The number of nitrogens with two attached hydrogens (primary N) is 1. The van der Waals surface area contributed by atoms with E-state index in [1.54, 1.807) is 30.3 Å². The quantitative estimate of drug-likeness (QED) is 0.773. The minimum Gasteiger partial charge on any atom is -0.493 e. The monoisotopic (exact) mass is 328 g/mol. The van der Waals surface area contributed by atoms with Crippen molar-refractivity contribution in [2.45, 2.75) is 0 Å². The average molecular weight is 328 g/mol. The molecule has 2 N–H and O–H groups in total. The van der Waals surface area contributed by atoms with Crippen LogP contribution in [0.1, 0.15) is 10.4 Å². The largest absolute Gasteiger partial charge is 0.493 e. The van der Waals surface area contributed by atoms with Crippen LogP contribution in [0.2, 0.25) is 0 Å². The van der Waals surface area contributed by atoms with Crippen LogP contribution >= 0.6 is 0 Å². The number of nitrogens with zero attached hydrogens (tertiary/aromatic N) is 1. The molecule has 2 aromatic carbocycles. The van der Waals surface area contributed by atoms with Crippen molar-refractivity contribution >= 4 is 17.0 Å². The molecule has 0 atom stereocenters. The van der Waals surface area contributed by atoms with Crippen molar-refractivity contribution in [3.63, 3.8) is 0 Å². The number of rotatable bonds is 5. The molecule has 3 rings (SSSR count). The van der Waals surface area contributed by atoms with E-state index < -0.39 is 5.91 Å². The summed E-state index contributed by atoms with van der Waals surface area (Å²) in [5, 5.41) is 0. The lowest BCUT2D eigenvalue weighted by Gasteiger charge is -2.12. The van der Waals surface area contributed by atoms with Gasteiger partial charge in [-0.25, -0.2) is 4.98 Å². The predicted octanol–water partition coefficient (Wildman–Crippen LogP) is 2.62. The summed E-state index contributed by atoms with van der Waals surface area (Å²) in [5.41, 5.74) is 7.39. The topological polar surface area (TPSA) is 96.8 Å². The number of ether oxygens (including phenoxy) is 3. The summed E-state index contributed by atoms with van der Waals surface area (Å²) in [5.74, 6) is 1.31. The second kappa shape index (κ2) is 6.11. The lowest BCUT2D eigenvalue weighted by molar-refractivity contribution is 0.100. The zero-order chi connectivity index (χ0) is 17.3. The van der Waals surface area contributed by atoms with Gasteiger partial charge in [-0.15, -0.1) is 0 Å². The third-order valence-corrected chi connectivity index (χ3v) is 3.58. The molecule has 0 saturated carbocycles. The first-order valence-electron chi connectivity index (χ1n) is 7.08. The van der Waals surface area contributed by atoms with Gasteiger partial charge in [0.1, 0.15) is 5.52 Å². The molecular formula is C17H16N2O5. The van der Waals surface area contributed by atoms with E-state index in [1.807, 2.05) is 0 Å². The Balaban J connectivity index is 2.14. The molecule has 3 aromatic rings. The molecule has 7 nitrogen and oxygen atoms in total. The number of carbonyl (C=O) groups is 1. The molecule has 0 aliphatic rings. The molecule has 0 fully saturated rings. The zero-order valence-corrected chi connectivity index (χ0v) is 13.5. The first kappa shape index (κ1) is 15.7. The van der Waals surface area contributed by atoms with E-state index in [2.05, 4.69) is 4.98 Å². The number of benzene rings is 2. The first-order chi connectivity index (χ1) is 11.6. The Bertz CT molecular complexity index is 891. The van der Waals surface area contributed by atoms with Crippen molar-refractivity contribution in [1.29, 1.82) is 0 Å². The van der Waals surface area contributed by atoms with Gasteiger partial charge in [-0.2, -0.15) is 0 Å². The van der Waals surface area contributed by atoms with E-state index in [1.165, 1.54) is 21.3 Å². The molecule has 0 spiro atoms.